The van der Waals surface area contributed by atoms with E-state index in [9.17, 15) is 14.4 Å². The number of hydrogen-bond acceptors (Lipinski definition) is 5. The van der Waals surface area contributed by atoms with Gasteiger partial charge in [-0.1, -0.05) is 62.4 Å². The van der Waals surface area contributed by atoms with Crippen LogP contribution in [0.1, 0.15) is 37.8 Å². The lowest BCUT2D eigenvalue weighted by Gasteiger charge is -2.21. The molecule has 2 unspecified atom stereocenters. The molecular weight excluding hydrogens is 412 g/mol. The molecule has 1 aliphatic carbocycles. The molecule has 0 aliphatic heterocycles. The maximum atomic E-state index is 12.4. The highest BCUT2D eigenvalue weighted by molar-refractivity contribution is 5.80. The van der Waals surface area contributed by atoms with Crippen LogP contribution < -0.4 is 10.8 Å². The van der Waals surface area contributed by atoms with Gasteiger partial charge >= 0.3 is 12.1 Å². The predicted octanol–water partition coefficient (Wildman–Crippen LogP) is 3.32. The summed E-state index contributed by atoms with van der Waals surface area (Å²) >= 11 is 0. The van der Waals surface area contributed by atoms with E-state index in [1.807, 2.05) is 50.2 Å². The van der Waals surface area contributed by atoms with Crippen LogP contribution in [0, 0.1) is 11.8 Å². The summed E-state index contributed by atoms with van der Waals surface area (Å²) in [5.41, 5.74) is 6.67. The van der Waals surface area contributed by atoms with Crippen LogP contribution in [-0.4, -0.2) is 42.3 Å². The van der Waals surface area contributed by atoms with Crippen molar-refractivity contribution in [2.75, 3.05) is 13.2 Å². The molecule has 0 spiro atoms. The number of carboxylic acid groups (broad SMARTS) is 1. The van der Waals surface area contributed by atoms with Crippen molar-refractivity contribution in [3.8, 4) is 11.1 Å². The minimum absolute atomic E-state index is 0.0327. The molecule has 3 N–H and O–H groups in total. The number of hydroxylamine groups is 1. The minimum atomic E-state index is -1.19. The summed E-state index contributed by atoms with van der Waals surface area (Å²) in [4.78, 5) is 40.4. The summed E-state index contributed by atoms with van der Waals surface area (Å²) in [5.74, 6) is -2.48. The molecule has 170 valence electrons. The van der Waals surface area contributed by atoms with Gasteiger partial charge in [-0.25, -0.2) is 15.1 Å². The van der Waals surface area contributed by atoms with E-state index >= 15 is 0 Å². The summed E-state index contributed by atoms with van der Waals surface area (Å²) in [7, 11) is 0. The molecule has 0 radical (unpaired) electrons. The Labute approximate surface area is 186 Å². The number of ether oxygens (including phenoxy) is 1. The first-order valence-corrected chi connectivity index (χ1v) is 10.6. The number of hydrogen-bond donors (Lipinski definition) is 3. The number of amides is 2. The highest BCUT2D eigenvalue weighted by Crippen LogP contribution is 2.44. The third kappa shape index (κ3) is 5.26. The van der Waals surface area contributed by atoms with Crippen molar-refractivity contribution in [3.05, 3.63) is 59.7 Å². The molecule has 0 bridgehead atoms. The Morgan fingerprint density at radius 2 is 1.53 bits per heavy atom. The van der Waals surface area contributed by atoms with E-state index < -0.39 is 30.0 Å². The molecule has 0 heterocycles. The zero-order chi connectivity index (χ0) is 23.3. The van der Waals surface area contributed by atoms with Crippen molar-refractivity contribution >= 4 is 18.0 Å². The lowest BCUT2D eigenvalue weighted by molar-refractivity contribution is -0.160. The average Bonchev–Trinajstić information content (AvgIpc) is 3.09. The van der Waals surface area contributed by atoms with Crippen LogP contribution in [-0.2, 0) is 19.2 Å². The maximum absolute atomic E-state index is 12.4. The van der Waals surface area contributed by atoms with Crippen molar-refractivity contribution in [1.82, 2.24) is 10.8 Å². The molecule has 2 aromatic carbocycles. The molecule has 0 fully saturated rings. The molecule has 2 amide bonds. The summed E-state index contributed by atoms with van der Waals surface area (Å²) in [5, 5.41) is 11.5. The van der Waals surface area contributed by atoms with Gasteiger partial charge in [0.2, 0.25) is 5.91 Å². The number of carbonyl (C=O) groups excluding carboxylic acids is 2. The first kappa shape index (κ1) is 23.3. The minimum Gasteiger partial charge on any atom is -0.479 e. The Hall–Kier alpha value is -3.39. The number of aliphatic carboxylic acids is 1. The predicted molar refractivity (Wildman–Crippen MR) is 118 cm³/mol. The fraction of sp³-hybridized carbons (Fsp3) is 0.375. The molecule has 3 rings (SSSR count). The van der Waals surface area contributed by atoms with E-state index in [1.165, 1.54) is 6.92 Å². The zero-order valence-corrected chi connectivity index (χ0v) is 18.3. The van der Waals surface area contributed by atoms with E-state index in [0.29, 0.717) is 0 Å². The highest BCUT2D eigenvalue weighted by Gasteiger charge is 2.29. The summed E-state index contributed by atoms with van der Waals surface area (Å²) < 4.78 is 5.49. The number of fused-ring (bicyclic) bond motifs is 3. The maximum Gasteiger partial charge on any atom is 0.407 e. The van der Waals surface area contributed by atoms with Gasteiger partial charge in [-0.15, -0.1) is 0 Å². The van der Waals surface area contributed by atoms with Crippen LogP contribution in [0.25, 0.3) is 11.1 Å². The lowest BCUT2D eigenvalue weighted by atomic mass is 9.95. The quantitative estimate of drug-likeness (QED) is 0.516. The molecule has 2 atom stereocenters. The molecule has 8 nitrogen and oxygen atoms in total. The van der Waals surface area contributed by atoms with E-state index in [1.54, 1.807) is 0 Å². The SMILES string of the molecule is CC(ONC(=O)C(CNC(=O)OCC1c2ccccc2-c2ccccc21)C(C)C)C(=O)O. The van der Waals surface area contributed by atoms with Crippen LogP contribution in [0.2, 0.25) is 0 Å². The normalized spacial score (nSPS) is 14.2. The number of rotatable bonds is 9. The molecule has 32 heavy (non-hydrogen) atoms. The van der Waals surface area contributed by atoms with Crippen LogP contribution >= 0.6 is 0 Å². The molecule has 8 heteroatoms. The van der Waals surface area contributed by atoms with Crippen LogP contribution in [0.15, 0.2) is 48.5 Å². The number of benzene rings is 2. The lowest BCUT2D eigenvalue weighted by Crippen LogP contribution is -2.43. The molecular formula is C24H28N2O6. The van der Waals surface area contributed by atoms with Gasteiger partial charge in [0.15, 0.2) is 6.10 Å². The van der Waals surface area contributed by atoms with Gasteiger partial charge in [0.25, 0.3) is 0 Å². The number of carboxylic acids is 1. The first-order chi connectivity index (χ1) is 15.3. The second kappa shape index (κ2) is 10.3. The molecule has 0 saturated heterocycles. The topological polar surface area (TPSA) is 114 Å². The third-order valence-corrected chi connectivity index (χ3v) is 5.64. The Balaban J connectivity index is 1.55. The van der Waals surface area contributed by atoms with Crippen molar-refractivity contribution < 1.29 is 29.1 Å². The number of carbonyl (C=O) groups is 3. The van der Waals surface area contributed by atoms with Gasteiger partial charge in [-0.05, 0) is 35.1 Å². The Morgan fingerprint density at radius 3 is 2.06 bits per heavy atom. The van der Waals surface area contributed by atoms with Crippen molar-refractivity contribution in [2.24, 2.45) is 11.8 Å². The van der Waals surface area contributed by atoms with Crippen LogP contribution in [0.3, 0.4) is 0 Å². The standard InChI is InChI=1S/C24H28N2O6/c1-14(2)20(22(27)26-32-15(3)23(28)29)12-25-24(30)31-13-21-18-10-6-4-8-16(18)17-9-5-7-11-19(17)21/h4-11,14-15,20-21H,12-13H2,1-3H3,(H,25,30)(H,26,27)(H,28,29). The highest BCUT2D eigenvalue weighted by atomic mass is 16.7. The molecule has 0 aromatic heterocycles. The fourth-order valence-electron chi connectivity index (χ4n) is 3.75. The van der Waals surface area contributed by atoms with Gasteiger partial charge in [0, 0.05) is 12.5 Å². The van der Waals surface area contributed by atoms with E-state index in [4.69, 9.17) is 14.7 Å². The Bertz CT molecular complexity index is 944. The van der Waals surface area contributed by atoms with Gasteiger partial charge < -0.3 is 15.2 Å². The monoisotopic (exact) mass is 440 g/mol. The Kier molecular flexibility index (Phi) is 7.48. The van der Waals surface area contributed by atoms with Gasteiger partial charge in [0.05, 0.1) is 5.92 Å². The molecule has 2 aromatic rings. The average molecular weight is 440 g/mol. The summed E-state index contributed by atoms with van der Waals surface area (Å²) in [6.45, 7) is 5.17. The second-order valence-corrected chi connectivity index (χ2v) is 8.12. The smallest absolute Gasteiger partial charge is 0.407 e. The number of alkyl carbamates (subject to hydrolysis) is 1. The first-order valence-electron chi connectivity index (χ1n) is 10.6. The third-order valence-electron chi connectivity index (χ3n) is 5.64. The molecule has 0 saturated carbocycles. The Morgan fingerprint density at radius 1 is 0.969 bits per heavy atom. The summed E-state index contributed by atoms with van der Waals surface area (Å²) in [6.07, 6.45) is -1.80. The van der Waals surface area contributed by atoms with Gasteiger partial charge in [0.1, 0.15) is 6.61 Å². The van der Waals surface area contributed by atoms with Crippen LogP contribution in [0.4, 0.5) is 4.79 Å². The number of nitrogens with one attached hydrogen (secondary N) is 2. The fourth-order valence-corrected chi connectivity index (χ4v) is 3.75. The van der Waals surface area contributed by atoms with Gasteiger partial charge in [-0.2, -0.15) is 0 Å². The van der Waals surface area contributed by atoms with Crippen molar-refractivity contribution in [1.29, 1.82) is 0 Å². The van der Waals surface area contributed by atoms with E-state index in [0.717, 1.165) is 22.3 Å². The van der Waals surface area contributed by atoms with Crippen LogP contribution in [0.5, 0.6) is 0 Å². The zero-order valence-electron chi connectivity index (χ0n) is 18.3. The van der Waals surface area contributed by atoms with E-state index in [2.05, 4.69) is 22.9 Å². The van der Waals surface area contributed by atoms with Gasteiger partial charge in [-0.3, -0.25) is 9.63 Å². The van der Waals surface area contributed by atoms with Crippen molar-refractivity contribution in [2.45, 2.75) is 32.8 Å². The van der Waals surface area contributed by atoms with Crippen molar-refractivity contribution in [3.63, 3.8) is 0 Å². The summed E-state index contributed by atoms with van der Waals surface area (Å²) in [6, 6.07) is 16.1. The molecule has 1 aliphatic rings. The van der Waals surface area contributed by atoms with E-state index in [-0.39, 0.29) is 25.0 Å². The largest absolute Gasteiger partial charge is 0.479 e. The second-order valence-electron chi connectivity index (χ2n) is 8.12.